The zero-order valence-corrected chi connectivity index (χ0v) is 8.73. The fourth-order valence-corrected chi connectivity index (χ4v) is 1.22. The lowest BCUT2D eigenvalue weighted by Gasteiger charge is -2.01. The van der Waals surface area contributed by atoms with E-state index in [1.807, 2.05) is 6.92 Å². The maximum atomic E-state index is 5.82. The van der Waals surface area contributed by atoms with Gasteiger partial charge < -0.3 is 5.73 Å². The SMILES string of the molecule is CCN=C(N)c1ccc(Cl)c(Cl)c1. The maximum Gasteiger partial charge on any atom is 0.125 e. The molecule has 0 radical (unpaired) electrons. The van der Waals surface area contributed by atoms with E-state index in [0.29, 0.717) is 22.4 Å². The van der Waals surface area contributed by atoms with Crippen molar-refractivity contribution in [2.75, 3.05) is 6.54 Å². The molecule has 0 saturated carbocycles. The van der Waals surface area contributed by atoms with Crippen molar-refractivity contribution < 1.29 is 0 Å². The van der Waals surface area contributed by atoms with E-state index >= 15 is 0 Å². The Morgan fingerprint density at radius 1 is 1.38 bits per heavy atom. The van der Waals surface area contributed by atoms with Crippen LogP contribution in [0, 0.1) is 0 Å². The van der Waals surface area contributed by atoms with Gasteiger partial charge in [0, 0.05) is 12.1 Å². The number of halogens is 2. The Hall–Kier alpha value is -0.730. The van der Waals surface area contributed by atoms with Gasteiger partial charge in [-0.2, -0.15) is 0 Å². The Balaban J connectivity index is 3.04. The standard InChI is InChI=1S/C9H10Cl2N2/c1-2-13-9(12)6-3-4-7(10)8(11)5-6/h3-5H,2H2,1H3,(H2,12,13). The van der Waals surface area contributed by atoms with Crippen molar-refractivity contribution in [3.63, 3.8) is 0 Å². The summed E-state index contributed by atoms with van der Waals surface area (Å²) in [5.41, 5.74) is 6.47. The van der Waals surface area contributed by atoms with E-state index < -0.39 is 0 Å². The van der Waals surface area contributed by atoms with E-state index in [9.17, 15) is 0 Å². The topological polar surface area (TPSA) is 38.4 Å². The predicted molar refractivity (Wildman–Crippen MR) is 57.7 cm³/mol. The number of aliphatic imine (C=N–C) groups is 1. The minimum Gasteiger partial charge on any atom is -0.384 e. The third-order valence-corrected chi connectivity index (χ3v) is 2.28. The summed E-state index contributed by atoms with van der Waals surface area (Å²) in [6, 6.07) is 5.21. The molecule has 13 heavy (non-hydrogen) atoms. The van der Waals surface area contributed by atoms with Crippen LogP contribution < -0.4 is 5.73 Å². The van der Waals surface area contributed by atoms with Crippen LogP contribution in [-0.2, 0) is 0 Å². The molecule has 0 atom stereocenters. The highest BCUT2D eigenvalue weighted by molar-refractivity contribution is 6.42. The molecule has 0 unspecified atom stereocenters. The van der Waals surface area contributed by atoms with Gasteiger partial charge >= 0.3 is 0 Å². The van der Waals surface area contributed by atoms with Crippen molar-refractivity contribution in [3.05, 3.63) is 33.8 Å². The van der Waals surface area contributed by atoms with Gasteiger partial charge in [-0.1, -0.05) is 23.2 Å². The zero-order chi connectivity index (χ0) is 9.84. The van der Waals surface area contributed by atoms with E-state index in [1.165, 1.54) is 0 Å². The average Bonchev–Trinajstić information content (AvgIpc) is 2.10. The van der Waals surface area contributed by atoms with E-state index in [-0.39, 0.29) is 0 Å². The molecule has 0 bridgehead atoms. The van der Waals surface area contributed by atoms with Crippen LogP contribution in [-0.4, -0.2) is 12.4 Å². The van der Waals surface area contributed by atoms with Gasteiger partial charge in [-0.3, -0.25) is 4.99 Å². The Kier molecular flexibility index (Phi) is 3.58. The van der Waals surface area contributed by atoms with E-state index in [1.54, 1.807) is 18.2 Å². The summed E-state index contributed by atoms with van der Waals surface area (Å²) in [7, 11) is 0. The predicted octanol–water partition coefficient (Wildman–Crippen LogP) is 2.72. The summed E-state index contributed by atoms with van der Waals surface area (Å²) >= 11 is 11.6. The molecule has 1 rings (SSSR count). The molecule has 1 aromatic rings. The Morgan fingerprint density at radius 2 is 2.08 bits per heavy atom. The third kappa shape index (κ3) is 2.61. The van der Waals surface area contributed by atoms with E-state index in [2.05, 4.69) is 4.99 Å². The van der Waals surface area contributed by atoms with Gasteiger partial charge in [0.05, 0.1) is 10.0 Å². The Bertz CT molecular complexity index is 334. The second-order valence-corrected chi connectivity index (χ2v) is 3.30. The molecular weight excluding hydrogens is 207 g/mol. The lowest BCUT2D eigenvalue weighted by atomic mass is 10.2. The molecule has 0 aliphatic rings. The van der Waals surface area contributed by atoms with Gasteiger partial charge in [0.2, 0.25) is 0 Å². The second kappa shape index (κ2) is 4.49. The van der Waals surface area contributed by atoms with Crippen LogP contribution in [0.5, 0.6) is 0 Å². The number of hydrogen-bond acceptors (Lipinski definition) is 1. The molecular formula is C9H10Cl2N2. The zero-order valence-electron chi connectivity index (χ0n) is 7.22. The highest BCUT2D eigenvalue weighted by Gasteiger charge is 2.01. The van der Waals surface area contributed by atoms with Crippen LogP contribution in [0.15, 0.2) is 23.2 Å². The van der Waals surface area contributed by atoms with Gasteiger partial charge in [0.15, 0.2) is 0 Å². The number of hydrogen-bond donors (Lipinski definition) is 1. The minimum absolute atomic E-state index is 0.487. The first-order valence-corrected chi connectivity index (χ1v) is 4.66. The van der Waals surface area contributed by atoms with Crippen LogP contribution in [0.3, 0.4) is 0 Å². The Labute approximate surface area is 87.4 Å². The summed E-state index contributed by atoms with van der Waals surface area (Å²) in [6.07, 6.45) is 0. The maximum absolute atomic E-state index is 5.82. The summed E-state index contributed by atoms with van der Waals surface area (Å²) in [5, 5.41) is 1.02. The number of nitrogens with two attached hydrogens (primary N) is 1. The van der Waals surface area contributed by atoms with Crippen molar-refractivity contribution in [3.8, 4) is 0 Å². The van der Waals surface area contributed by atoms with Crippen LogP contribution >= 0.6 is 23.2 Å². The van der Waals surface area contributed by atoms with Gasteiger partial charge in [-0.25, -0.2) is 0 Å². The first kappa shape index (κ1) is 10.4. The molecule has 2 nitrogen and oxygen atoms in total. The van der Waals surface area contributed by atoms with Crippen molar-refractivity contribution >= 4 is 29.0 Å². The molecule has 0 aromatic heterocycles. The fraction of sp³-hybridized carbons (Fsp3) is 0.222. The van der Waals surface area contributed by atoms with Crippen LogP contribution in [0.25, 0.3) is 0 Å². The minimum atomic E-state index is 0.487. The molecule has 0 amide bonds. The fourth-order valence-electron chi connectivity index (χ4n) is 0.917. The Morgan fingerprint density at radius 3 is 2.62 bits per heavy atom. The van der Waals surface area contributed by atoms with Crippen LogP contribution in [0.2, 0.25) is 10.0 Å². The third-order valence-electron chi connectivity index (χ3n) is 1.54. The molecule has 0 fully saturated rings. The number of amidine groups is 1. The number of benzene rings is 1. The lowest BCUT2D eigenvalue weighted by molar-refractivity contribution is 1.12. The normalized spacial score (nSPS) is 11.8. The second-order valence-electron chi connectivity index (χ2n) is 2.49. The van der Waals surface area contributed by atoms with Crippen molar-refractivity contribution in [2.45, 2.75) is 6.92 Å². The first-order chi connectivity index (χ1) is 6.15. The molecule has 0 spiro atoms. The van der Waals surface area contributed by atoms with E-state index in [0.717, 1.165) is 5.56 Å². The monoisotopic (exact) mass is 216 g/mol. The summed E-state index contributed by atoms with van der Waals surface area (Å²) in [5.74, 6) is 0.487. The van der Waals surface area contributed by atoms with Crippen molar-refractivity contribution in [1.29, 1.82) is 0 Å². The summed E-state index contributed by atoms with van der Waals surface area (Å²) in [6.45, 7) is 2.58. The lowest BCUT2D eigenvalue weighted by Crippen LogP contribution is -2.13. The molecule has 0 saturated heterocycles. The smallest absolute Gasteiger partial charge is 0.125 e. The van der Waals surface area contributed by atoms with E-state index in [4.69, 9.17) is 28.9 Å². The molecule has 0 aliphatic carbocycles. The number of nitrogens with zero attached hydrogens (tertiary/aromatic N) is 1. The highest BCUT2D eigenvalue weighted by atomic mass is 35.5. The van der Waals surface area contributed by atoms with Crippen molar-refractivity contribution in [2.24, 2.45) is 10.7 Å². The molecule has 4 heteroatoms. The van der Waals surface area contributed by atoms with Crippen LogP contribution in [0.1, 0.15) is 12.5 Å². The molecule has 2 N–H and O–H groups in total. The van der Waals surface area contributed by atoms with Gasteiger partial charge in [-0.05, 0) is 25.1 Å². The first-order valence-electron chi connectivity index (χ1n) is 3.90. The molecule has 70 valence electrons. The van der Waals surface area contributed by atoms with Crippen molar-refractivity contribution in [1.82, 2.24) is 0 Å². The molecule has 1 aromatic carbocycles. The highest BCUT2D eigenvalue weighted by Crippen LogP contribution is 2.22. The molecule has 0 heterocycles. The summed E-state index contributed by atoms with van der Waals surface area (Å²) in [4.78, 5) is 4.06. The largest absolute Gasteiger partial charge is 0.384 e. The number of rotatable bonds is 2. The quantitative estimate of drug-likeness (QED) is 0.600. The summed E-state index contributed by atoms with van der Waals surface area (Å²) < 4.78 is 0. The van der Waals surface area contributed by atoms with Gasteiger partial charge in [0.1, 0.15) is 5.84 Å². The van der Waals surface area contributed by atoms with Gasteiger partial charge in [-0.15, -0.1) is 0 Å². The van der Waals surface area contributed by atoms with Crippen LogP contribution in [0.4, 0.5) is 0 Å². The average molecular weight is 217 g/mol. The molecule has 0 aliphatic heterocycles. The van der Waals surface area contributed by atoms with Gasteiger partial charge in [0.25, 0.3) is 0 Å².